The van der Waals surface area contributed by atoms with E-state index in [1.54, 1.807) is 0 Å². The van der Waals surface area contributed by atoms with Crippen molar-refractivity contribution in [3.63, 3.8) is 0 Å². The van der Waals surface area contributed by atoms with E-state index >= 15 is 0 Å². The molecule has 0 aromatic carbocycles. The van der Waals surface area contributed by atoms with Gasteiger partial charge in [-0.25, -0.2) is 0 Å². The molecular formula is C15H32N2. The van der Waals surface area contributed by atoms with E-state index in [-0.39, 0.29) is 0 Å². The second-order valence-electron chi connectivity index (χ2n) is 5.76. The van der Waals surface area contributed by atoms with Gasteiger partial charge in [-0.3, -0.25) is 0 Å². The minimum absolute atomic E-state index is 0.790. The smallest absolute Gasteiger partial charge is 0.00173 e. The topological polar surface area (TPSA) is 38.0 Å². The van der Waals surface area contributed by atoms with Crippen LogP contribution in [0, 0.1) is 17.8 Å². The Bertz CT molecular complexity index is 182. The summed E-state index contributed by atoms with van der Waals surface area (Å²) >= 11 is 0. The Kier molecular flexibility index (Phi) is 7.87. The van der Waals surface area contributed by atoms with Crippen LogP contribution in [-0.4, -0.2) is 19.6 Å². The Morgan fingerprint density at radius 2 is 2.00 bits per heavy atom. The van der Waals surface area contributed by atoms with Crippen molar-refractivity contribution < 1.29 is 0 Å². The standard InChI is InChI=1S/C15H32N2/c1-3-5-7-13(4-2)11-17-12-15-9-6-8-14(15)10-16/h13-15,17H,3-12,16H2,1-2H3. The molecule has 3 atom stereocenters. The van der Waals surface area contributed by atoms with Crippen molar-refractivity contribution in [2.45, 2.75) is 58.8 Å². The third-order valence-corrected chi connectivity index (χ3v) is 4.50. The Hall–Kier alpha value is -0.0800. The van der Waals surface area contributed by atoms with Gasteiger partial charge in [0.25, 0.3) is 0 Å². The maximum Gasteiger partial charge on any atom is -0.00173 e. The van der Waals surface area contributed by atoms with E-state index < -0.39 is 0 Å². The number of hydrogen-bond donors (Lipinski definition) is 2. The second kappa shape index (κ2) is 8.93. The molecule has 2 heteroatoms. The van der Waals surface area contributed by atoms with Crippen LogP contribution in [0.5, 0.6) is 0 Å². The molecule has 1 saturated carbocycles. The quantitative estimate of drug-likeness (QED) is 0.649. The predicted molar refractivity (Wildman–Crippen MR) is 76.1 cm³/mol. The van der Waals surface area contributed by atoms with Gasteiger partial charge in [0.15, 0.2) is 0 Å². The van der Waals surface area contributed by atoms with Crippen molar-refractivity contribution in [2.75, 3.05) is 19.6 Å². The average molecular weight is 240 g/mol. The lowest BCUT2D eigenvalue weighted by Crippen LogP contribution is -2.31. The number of nitrogens with two attached hydrogens (primary N) is 1. The van der Waals surface area contributed by atoms with E-state index in [1.165, 1.54) is 58.0 Å². The molecule has 0 heterocycles. The summed E-state index contributed by atoms with van der Waals surface area (Å²) in [5, 5.41) is 3.70. The molecular weight excluding hydrogens is 208 g/mol. The summed E-state index contributed by atoms with van der Waals surface area (Å²) in [6.07, 6.45) is 9.56. The summed E-state index contributed by atoms with van der Waals surface area (Å²) in [5.74, 6) is 2.52. The molecule has 0 aliphatic heterocycles. The summed E-state index contributed by atoms with van der Waals surface area (Å²) in [6.45, 7) is 7.90. The summed E-state index contributed by atoms with van der Waals surface area (Å²) in [6, 6.07) is 0. The zero-order valence-electron chi connectivity index (χ0n) is 11.9. The van der Waals surface area contributed by atoms with Crippen LogP contribution < -0.4 is 11.1 Å². The van der Waals surface area contributed by atoms with Gasteiger partial charge in [-0.1, -0.05) is 39.5 Å². The van der Waals surface area contributed by atoms with Crippen molar-refractivity contribution in [3.05, 3.63) is 0 Å². The molecule has 1 fully saturated rings. The van der Waals surface area contributed by atoms with E-state index in [9.17, 15) is 0 Å². The molecule has 0 saturated heterocycles. The largest absolute Gasteiger partial charge is 0.330 e. The van der Waals surface area contributed by atoms with Crippen molar-refractivity contribution in [1.29, 1.82) is 0 Å². The van der Waals surface area contributed by atoms with Gasteiger partial charge in [-0.05, 0) is 56.7 Å². The summed E-state index contributed by atoms with van der Waals surface area (Å²) in [4.78, 5) is 0. The van der Waals surface area contributed by atoms with Gasteiger partial charge >= 0.3 is 0 Å². The Morgan fingerprint density at radius 3 is 2.65 bits per heavy atom. The maximum atomic E-state index is 5.82. The van der Waals surface area contributed by atoms with Gasteiger partial charge in [0.2, 0.25) is 0 Å². The van der Waals surface area contributed by atoms with Crippen LogP contribution in [-0.2, 0) is 0 Å². The molecule has 102 valence electrons. The number of rotatable bonds is 9. The van der Waals surface area contributed by atoms with E-state index in [4.69, 9.17) is 5.73 Å². The van der Waals surface area contributed by atoms with Crippen LogP contribution in [0.4, 0.5) is 0 Å². The van der Waals surface area contributed by atoms with Crippen molar-refractivity contribution in [3.8, 4) is 0 Å². The lowest BCUT2D eigenvalue weighted by atomic mass is 9.95. The normalized spacial score (nSPS) is 26.3. The van der Waals surface area contributed by atoms with Crippen LogP contribution in [0.2, 0.25) is 0 Å². The molecule has 17 heavy (non-hydrogen) atoms. The molecule has 0 radical (unpaired) electrons. The molecule has 0 aromatic rings. The fourth-order valence-electron chi connectivity index (χ4n) is 3.11. The molecule has 1 aliphatic rings. The van der Waals surface area contributed by atoms with Crippen LogP contribution in [0.3, 0.4) is 0 Å². The van der Waals surface area contributed by atoms with Crippen molar-refractivity contribution >= 4 is 0 Å². The van der Waals surface area contributed by atoms with Gasteiger partial charge in [0.05, 0.1) is 0 Å². The highest BCUT2D eigenvalue weighted by atomic mass is 14.9. The fourth-order valence-corrected chi connectivity index (χ4v) is 3.11. The minimum atomic E-state index is 0.790. The fraction of sp³-hybridized carbons (Fsp3) is 1.00. The molecule has 2 nitrogen and oxygen atoms in total. The lowest BCUT2D eigenvalue weighted by Gasteiger charge is -2.21. The molecule has 3 unspecified atom stereocenters. The van der Waals surface area contributed by atoms with Crippen molar-refractivity contribution in [2.24, 2.45) is 23.5 Å². The first-order valence-electron chi connectivity index (χ1n) is 7.72. The molecule has 1 aliphatic carbocycles. The molecule has 0 aromatic heterocycles. The molecule has 0 bridgehead atoms. The molecule has 1 rings (SSSR count). The van der Waals surface area contributed by atoms with Gasteiger partial charge in [-0.2, -0.15) is 0 Å². The van der Waals surface area contributed by atoms with E-state index in [0.29, 0.717) is 0 Å². The molecule has 0 spiro atoms. The summed E-state index contributed by atoms with van der Waals surface area (Å²) in [5.41, 5.74) is 5.82. The van der Waals surface area contributed by atoms with Crippen LogP contribution in [0.25, 0.3) is 0 Å². The maximum absolute atomic E-state index is 5.82. The molecule has 3 N–H and O–H groups in total. The van der Waals surface area contributed by atoms with Gasteiger partial charge in [-0.15, -0.1) is 0 Å². The lowest BCUT2D eigenvalue weighted by molar-refractivity contribution is 0.347. The van der Waals surface area contributed by atoms with Gasteiger partial charge in [0.1, 0.15) is 0 Å². The Labute approximate surface area is 108 Å². The predicted octanol–water partition coefficient (Wildman–Crippen LogP) is 3.17. The highest BCUT2D eigenvalue weighted by Crippen LogP contribution is 2.30. The Morgan fingerprint density at radius 1 is 1.24 bits per heavy atom. The number of nitrogens with one attached hydrogen (secondary N) is 1. The highest BCUT2D eigenvalue weighted by Gasteiger charge is 2.25. The average Bonchev–Trinajstić information content (AvgIpc) is 2.81. The van der Waals surface area contributed by atoms with E-state index in [1.807, 2.05) is 0 Å². The van der Waals surface area contributed by atoms with Crippen LogP contribution in [0.15, 0.2) is 0 Å². The first-order chi connectivity index (χ1) is 8.31. The van der Waals surface area contributed by atoms with E-state index in [2.05, 4.69) is 19.2 Å². The second-order valence-corrected chi connectivity index (χ2v) is 5.76. The number of unbranched alkanes of at least 4 members (excludes halogenated alkanes) is 1. The number of hydrogen-bond acceptors (Lipinski definition) is 2. The zero-order chi connectivity index (χ0) is 12.5. The Balaban J connectivity index is 2.12. The van der Waals surface area contributed by atoms with Gasteiger partial charge in [0, 0.05) is 0 Å². The van der Waals surface area contributed by atoms with Crippen molar-refractivity contribution in [1.82, 2.24) is 5.32 Å². The third kappa shape index (κ3) is 5.39. The summed E-state index contributed by atoms with van der Waals surface area (Å²) < 4.78 is 0. The van der Waals surface area contributed by atoms with Crippen LogP contribution in [0.1, 0.15) is 58.8 Å². The zero-order valence-corrected chi connectivity index (χ0v) is 11.9. The summed E-state index contributed by atoms with van der Waals surface area (Å²) in [7, 11) is 0. The SMILES string of the molecule is CCCCC(CC)CNCC1CCCC1CN. The monoisotopic (exact) mass is 240 g/mol. The molecule has 0 amide bonds. The first kappa shape index (κ1) is 15.0. The van der Waals surface area contributed by atoms with Gasteiger partial charge < -0.3 is 11.1 Å². The van der Waals surface area contributed by atoms with Crippen LogP contribution >= 0.6 is 0 Å². The third-order valence-electron chi connectivity index (χ3n) is 4.50. The highest BCUT2D eigenvalue weighted by molar-refractivity contribution is 4.79. The first-order valence-corrected chi connectivity index (χ1v) is 7.72. The minimum Gasteiger partial charge on any atom is -0.330 e. The van der Waals surface area contributed by atoms with E-state index in [0.717, 1.165) is 24.3 Å².